The molecule has 0 radical (unpaired) electrons. The summed E-state index contributed by atoms with van der Waals surface area (Å²) >= 11 is 0. The average molecular weight is 347 g/mol. The van der Waals surface area contributed by atoms with Crippen LogP contribution in [-0.2, 0) is 6.61 Å². The maximum absolute atomic E-state index is 12.5. The Morgan fingerprint density at radius 3 is 2.50 bits per heavy atom. The van der Waals surface area contributed by atoms with Crippen LogP contribution in [0.2, 0.25) is 0 Å². The Balaban J connectivity index is 0.00000208. The number of hydrogen-bond acceptors (Lipinski definition) is 3. The maximum Gasteiger partial charge on any atom is 0.253 e. The number of benzene rings is 2. The van der Waals surface area contributed by atoms with E-state index < -0.39 is 0 Å². The zero-order chi connectivity index (χ0) is 15.9. The van der Waals surface area contributed by atoms with Gasteiger partial charge in [0, 0.05) is 25.2 Å². The topological polar surface area (TPSA) is 41.6 Å². The summed E-state index contributed by atoms with van der Waals surface area (Å²) in [4.78, 5) is 14.4. The first-order valence-electron chi connectivity index (χ1n) is 8.10. The van der Waals surface area contributed by atoms with Gasteiger partial charge in [-0.2, -0.15) is 0 Å². The number of rotatable bonds is 4. The highest BCUT2D eigenvalue weighted by Crippen LogP contribution is 2.13. The number of carbonyl (C=O) groups excluding carboxylic acids is 1. The summed E-state index contributed by atoms with van der Waals surface area (Å²) in [5.41, 5.74) is 1.80. The highest BCUT2D eigenvalue weighted by molar-refractivity contribution is 5.94. The second-order valence-electron chi connectivity index (χ2n) is 5.69. The van der Waals surface area contributed by atoms with Crippen LogP contribution >= 0.6 is 12.4 Å². The van der Waals surface area contributed by atoms with Gasteiger partial charge < -0.3 is 15.0 Å². The lowest BCUT2D eigenvalue weighted by molar-refractivity contribution is 0.0766. The molecule has 1 amide bonds. The van der Waals surface area contributed by atoms with Crippen LogP contribution in [0.15, 0.2) is 54.6 Å². The average Bonchev–Trinajstić information content (AvgIpc) is 2.90. The molecule has 0 bridgehead atoms. The highest BCUT2D eigenvalue weighted by atomic mass is 35.5. The van der Waals surface area contributed by atoms with Gasteiger partial charge in [0.25, 0.3) is 5.91 Å². The summed E-state index contributed by atoms with van der Waals surface area (Å²) in [6.45, 7) is 3.96. The number of nitrogens with zero attached hydrogens (tertiary/aromatic N) is 1. The van der Waals surface area contributed by atoms with Crippen LogP contribution in [-0.4, -0.2) is 37.0 Å². The first-order chi connectivity index (χ1) is 11.3. The van der Waals surface area contributed by atoms with E-state index in [1.165, 1.54) is 0 Å². The highest BCUT2D eigenvalue weighted by Gasteiger charge is 2.16. The van der Waals surface area contributed by atoms with Crippen molar-refractivity contribution in [3.8, 4) is 5.75 Å². The molecule has 0 aliphatic carbocycles. The number of hydrogen-bond donors (Lipinski definition) is 1. The molecule has 1 aliphatic rings. The van der Waals surface area contributed by atoms with E-state index in [0.717, 1.165) is 49.5 Å². The predicted octanol–water partition coefficient (Wildman–Crippen LogP) is 3.12. The Morgan fingerprint density at radius 1 is 1.00 bits per heavy atom. The fourth-order valence-electron chi connectivity index (χ4n) is 2.66. The van der Waals surface area contributed by atoms with Crippen molar-refractivity contribution in [3.05, 3.63) is 65.7 Å². The summed E-state index contributed by atoms with van der Waals surface area (Å²) in [6, 6.07) is 17.5. The lowest BCUT2D eigenvalue weighted by Gasteiger charge is -2.20. The molecule has 1 heterocycles. The summed E-state index contributed by atoms with van der Waals surface area (Å²) in [5, 5.41) is 3.31. The summed E-state index contributed by atoms with van der Waals surface area (Å²) in [6.07, 6.45) is 1.01. The van der Waals surface area contributed by atoms with Crippen molar-refractivity contribution in [2.24, 2.45) is 0 Å². The Morgan fingerprint density at radius 2 is 1.75 bits per heavy atom. The SMILES string of the molecule is Cl.O=C(c1ccc(COc2ccccc2)cc1)N1CCCNCC1. The van der Waals surface area contributed by atoms with Crippen molar-refractivity contribution in [2.75, 3.05) is 26.2 Å². The molecule has 2 aromatic carbocycles. The lowest BCUT2D eigenvalue weighted by Crippen LogP contribution is -2.34. The van der Waals surface area contributed by atoms with E-state index in [-0.39, 0.29) is 18.3 Å². The minimum absolute atomic E-state index is 0. The standard InChI is InChI=1S/C19H22N2O2.ClH/c22-19(21-13-4-11-20-12-14-21)17-9-7-16(8-10-17)15-23-18-5-2-1-3-6-18;/h1-3,5-10,20H,4,11-15H2;1H. The first-order valence-corrected chi connectivity index (χ1v) is 8.10. The molecule has 1 fully saturated rings. The molecular formula is C19H23ClN2O2. The Kier molecular flexibility index (Phi) is 7.09. The Bertz CT molecular complexity index is 624. The molecule has 1 N–H and O–H groups in total. The minimum Gasteiger partial charge on any atom is -0.489 e. The third-order valence-corrected chi connectivity index (χ3v) is 3.98. The Labute approximate surface area is 149 Å². The van der Waals surface area contributed by atoms with Crippen LogP contribution in [0.1, 0.15) is 22.3 Å². The van der Waals surface area contributed by atoms with E-state index in [1.54, 1.807) is 0 Å². The van der Waals surface area contributed by atoms with E-state index in [4.69, 9.17) is 4.74 Å². The van der Waals surface area contributed by atoms with Crippen molar-refractivity contribution in [1.29, 1.82) is 0 Å². The molecule has 0 unspecified atom stereocenters. The fourth-order valence-corrected chi connectivity index (χ4v) is 2.66. The van der Waals surface area contributed by atoms with Gasteiger partial charge >= 0.3 is 0 Å². The normalized spacial score (nSPS) is 14.4. The van der Waals surface area contributed by atoms with Crippen molar-refractivity contribution < 1.29 is 9.53 Å². The molecule has 2 aromatic rings. The Hall–Kier alpha value is -2.04. The predicted molar refractivity (Wildman–Crippen MR) is 97.9 cm³/mol. The van der Waals surface area contributed by atoms with Gasteiger partial charge in [0.05, 0.1) is 0 Å². The third-order valence-electron chi connectivity index (χ3n) is 3.98. The van der Waals surface area contributed by atoms with Gasteiger partial charge in [0.1, 0.15) is 12.4 Å². The van der Waals surface area contributed by atoms with E-state index in [9.17, 15) is 4.79 Å². The molecule has 0 atom stereocenters. The van der Waals surface area contributed by atoms with E-state index in [0.29, 0.717) is 6.61 Å². The first kappa shape index (κ1) is 18.3. The van der Waals surface area contributed by atoms with Crippen LogP contribution in [0.25, 0.3) is 0 Å². The molecule has 24 heavy (non-hydrogen) atoms. The molecular weight excluding hydrogens is 324 g/mol. The van der Waals surface area contributed by atoms with Crippen LogP contribution < -0.4 is 10.1 Å². The molecule has 5 heteroatoms. The molecule has 0 spiro atoms. The van der Waals surface area contributed by atoms with Gasteiger partial charge in [-0.25, -0.2) is 0 Å². The summed E-state index contributed by atoms with van der Waals surface area (Å²) in [5.74, 6) is 0.967. The van der Waals surface area contributed by atoms with Gasteiger partial charge in [0.2, 0.25) is 0 Å². The number of nitrogens with one attached hydrogen (secondary N) is 1. The van der Waals surface area contributed by atoms with E-state index in [2.05, 4.69) is 5.32 Å². The van der Waals surface area contributed by atoms with Crippen LogP contribution in [0.5, 0.6) is 5.75 Å². The second kappa shape index (κ2) is 9.30. The second-order valence-corrected chi connectivity index (χ2v) is 5.69. The molecule has 4 nitrogen and oxygen atoms in total. The van der Waals surface area contributed by atoms with Crippen LogP contribution in [0.3, 0.4) is 0 Å². The van der Waals surface area contributed by atoms with Crippen molar-refractivity contribution in [1.82, 2.24) is 10.2 Å². The molecule has 1 aliphatic heterocycles. The summed E-state index contributed by atoms with van der Waals surface area (Å²) in [7, 11) is 0. The zero-order valence-electron chi connectivity index (χ0n) is 13.6. The number of para-hydroxylation sites is 1. The van der Waals surface area contributed by atoms with Gasteiger partial charge in [0.15, 0.2) is 0 Å². The summed E-state index contributed by atoms with van der Waals surface area (Å²) < 4.78 is 5.72. The third kappa shape index (κ3) is 4.98. The van der Waals surface area contributed by atoms with Crippen molar-refractivity contribution in [3.63, 3.8) is 0 Å². The molecule has 3 rings (SSSR count). The fraction of sp³-hybridized carbons (Fsp3) is 0.316. The van der Waals surface area contributed by atoms with Crippen LogP contribution in [0.4, 0.5) is 0 Å². The number of amides is 1. The molecule has 0 aromatic heterocycles. The minimum atomic E-state index is 0. The van der Waals surface area contributed by atoms with Gasteiger partial charge in [-0.15, -0.1) is 12.4 Å². The maximum atomic E-state index is 12.5. The molecule has 0 saturated carbocycles. The largest absolute Gasteiger partial charge is 0.489 e. The number of ether oxygens (including phenoxy) is 1. The van der Waals surface area contributed by atoms with Gasteiger partial charge in [-0.05, 0) is 42.8 Å². The van der Waals surface area contributed by atoms with E-state index in [1.807, 2.05) is 59.5 Å². The van der Waals surface area contributed by atoms with Gasteiger partial charge in [-0.3, -0.25) is 4.79 Å². The number of carbonyl (C=O) groups is 1. The molecule has 1 saturated heterocycles. The monoisotopic (exact) mass is 346 g/mol. The zero-order valence-corrected chi connectivity index (χ0v) is 14.4. The smallest absolute Gasteiger partial charge is 0.253 e. The lowest BCUT2D eigenvalue weighted by atomic mass is 10.1. The number of halogens is 1. The van der Waals surface area contributed by atoms with Crippen molar-refractivity contribution >= 4 is 18.3 Å². The van der Waals surface area contributed by atoms with Crippen LogP contribution in [0, 0.1) is 0 Å². The van der Waals surface area contributed by atoms with E-state index >= 15 is 0 Å². The molecule has 128 valence electrons. The van der Waals surface area contributed by atoms with Gasteiger partial charge in [-0.1, -0.05) is 30.3 Å². The quantitative estimate of drug-likeness (QED) is 0.924. The van der Waals surface area contributed by atoms with Crippen molar-refractivity contribution in [2.45, 2.75) is 13.0 Å².